The predicted octanol–water partition coefficient (Wildman–Crippen LogP) is 4.00. The van der Waals surface area contributed by atoms with Crippen LogP contribution in [0.25, 0.3) is 11.5 Å². The number of carbonyl (C=O) groups excluding carboxylic acids is 1. The van der Waals surface area contributed by atoms with E-state index in [4.69, 9.17) is 9.25 Å². The summed E-state index contributed by atoms with van der Waals surface area (Å²) < 4.78 is 31.7. The third-order valence-electron chi connectivity index (χ3n) is 6.47. The van der Waals surface area contributed by atoms with E-state index in [2.05, 4.69) is 10.2 Å². The van der Waals surface area contributed by atoms with Crippen LogP contribution >= 0.6 is 0 Å². The lowest BCUT2D eigenvalue weighted by Gasteiger charge is -2.45. The number of amides is 2. The maximum Gasteiger partial charge on any atom is 0.408 e. The van der Waals surface area contributed by atoms with Crippen LogP contribution in [0.15, 0.2) is 52.9 Å². The zero-order chi connectivity index (χ0) is 30.0. The van der Waals surface area contributed by atoms with Gasteiger partial charge in [-0.1, -0.05) is 30.3 Å². The van der Waals surface area contributed by atoms with Crippen molar-refractivity contribution >= 4 is 27.7 Å². The quantitative estimate of drug-likeness (QED) is 0.375. The van der Waals surface area contributed by atoms with Gasteiger partial charge in [-0.2, -0.15) is 0 Å². The Morgan fingerprint density at radius 2 is 1.65 bits per heavy atom. The molecule has 13 heteroatoms. The van der Waals surface area contributed by atoms with Crippen LogP contribution in [-0.2, 0) is 26.8 Å². The zero-order valence-electron chi connectivity index (χ0n) is 23.9. The highest BCUT2D eigenvalue weighted by Crippen LogP contribution is 2.38. The van der Waals surface area contributed by atoms with Crippen molar-refractivity contribution < 1.29 is 32.4 Å². The highest BCUT2D eigenvalue weighted by atomic mass is 32.2. The molecule has 0 aliphatic carbocycles. The topological polar surface area (TPSA) is 146 Å². The van der Waals surface area contributed by atoms with E-state index in [9.17, 15) is 23.1 Å². The maximum atomic E-state index is 12.9. The summed E-state index contributed by atoms with van der Waals surface area (Å²) in [5.41, 5.74) is -0.714. The van der Waals surface area contributed by atoms with Crippen LogP contribution in [0.5, 0.6) is 0 Å². The number of hydroxylamine groups is 2. The van der Waals surface area contributed by atoms with Crippen molar-refractivity contribution in [3.05, 3.63) is 65.5 Å². The molecule has 1 atom stereocenters. The van der Waals surface area contributed by atoms with Gasteiger partial charge < -0.3 is 9.52 Å². The fraction of sp³-hybridized carbons (Fsp3) is 0.407. The fourth-order valence-electron chi connectivity index (χ4n) is 4.54. The molecule has 0 bridgehead atoms. The van der Waals surface area contributed by atoms with Crippen LogP contribution in [0.3, 0.4) is 0 Å². The number of hydrogen-bond donors (Lipinski definition) is 1. The summed E-state index contributed by atoms with van der Waals surface area (Å²) in [7, 11) is 0.424. The standard InChI is InChI=1S/C27H35N5O7S/c1-26(2,3)32(25(34)35)27(4,17-18-12-10-9-11-13-18)24-29-28-22(39-24)19-14-20(23(33)30(5)38-7)16-21(15-19)31(6)40(8,36)37/h9-16H,17H2,1-8H3,(H,34,35). The molecule has 1 heterocycles. The molecule has 0 aliphatic heterocycles. The molecule has 0 aliphatic rings. The van der Waals surface area contributed by atoms with E-state index in [1.165, 1.54) is 44.3 Å². The van der Waals surface area contributed by atoms with Crippen LogP contribution < -0.4 is 4.31 Å². The van der Waals surface area contributed by atoms with E-state index in [-0.39, 0.29) is 35.0 Å². The van der Waals surface area contributed by atoms with Crippen molar-refractivity contribution in [1.29, 1.82) is 0 Å². The van der Waals surface area contributed by atoms with Crippen LogP contribution in [0, 0.1) is 0 Å². The first kappa shape index (κ1) is 30.6. The van der Waals surface area contributed by atoms with Gasteiger partial charge in [0.1, 0.15) is 5.54 Å². The van der Waals surface area contributed by atoms with Crippen LogP contribution in [-0.4, -0.2) is 78.7 Å². The molecular weight excluding hydrogens is 538 g/mol. The smallest absolute Gasteiger partial charge is 0.408 e. The second-order valence-electron chi connectivity index (χ2n) is 10.6. The monoisotopic (exact) mass is 573 g/mol. The normalized spacial score (nSPS) is 13.4. The minimum Gasteiger partial charge on any atom is -0.465 e. The Morgan fingerprint density at radius 1 is 1.02 bits per heavy atom. The third-order valence-corrected chi connectivity index (χ3v) is 7.67. The first-order valence-electron chi connectivity index (χ1n) is 12.3. The van der Waals surface area contributed by atoms with E-state index in [0.717, 1.165) is 21.2 Å². The number of benzene rings is 2. The first-order valence-corrected chi connectivity index (χ1v) is 14.2. The molecule has 216 valence electrons. The van der Waals surface area contributed by atoms with Gasteiger partial charge in [0.25, 0.3) is 5.91 Å². The molecule has 40 heavy (non-hydrogen) atoms. The Labute approximate surface area is 234 Å². The van der Waals surface area contributed by atoms with Gasteiger partial charge in [-0.25, -0.2) is 18.3 Å². The minimum atomic E-state index is -3.67. The van der Waals surface area contributed by atoms with Gasteiger partial charge in [0, 0.05) is 37.2 Å². The van der Waals surface area contributed by atoms with Crippen molar-refractivity contribution in [3.63, 3.8) is 0 Å². The van der Waals surface area contributed by atoms with Crippen LogP contribution in [0.2, 0.25) is 0 Å². The van der Waals surface area contributed by atoms with Gasteiger partial charge in [-0.15, -0.1) is 10.2 Å². The van der Waals surface area contributed by atoms with Crippen molar-refractivity contribution in [2.45, 2.75) is 45.2 Å². The molecule has 2 aromatic carbocycles. The number of hydrogen-bond acceptors (Lipinski definition) is 8. The van der Waals surface area contributed by atoms with Gasteiger partial charge in [-0.05, 0) is 51.5 Å². The minimum absolute atomic E-state index is 0.0218. The van der Waals surface area contributed by atoms with Gasteiger partial charge in [0.15, 0.2) is 0 Å². The van der Waals surface area contributed by atoms with Crippen molar-refractivity contribution in [1.82, 2.24) is 20.2 Å². The number of carboxylic acid groups (broad SMARTS) is 1. The third kappa shape index (κ3) is 6.42. The molecule has 3 rings (SSSR count). The van der Waals surface area contributed by atoms with Crippen LogP contribution in [0.1, 0.15) is 49.5 Å². The summed E-state index contributed by atoms with van der Waals surface area (Å²) in [6.07, 6.45) is 0.103. The lowest BCUT2D eigenvalue weighted by molar-refractivity contribution is -0.0756. The predicted molar refractivity (Wildman–Crippen MR) is 149 cm³/mol. The van der Waals surface area contributed by atoms with Gasteiger partial charge in [0.2, 0.25) is 21.8 Å². The molecule has 0 fully saturated rings. The summed E-state index contributed by atoms with van der Waals surface area (Å²) in [4.78, 5) is 31.8. The van der Waals surface area contributed by atoms with Crippen LogP contribution in [0.4, 0.5) is 10.5 Å². The Bertz CT molecular complexity index is 1480. The molecule has 1 N–H and O–H groups in total. The summed E-state index contributed by atoms with van der Waals surface area (Å²) >= 11 is 0. The van der Waals surface area contributed by atoms with E-state index < -0.39 is 33.1 Å². The molecular formula is C27H35N5O7S. The van der Waals surface area contributed by atoms with Gasteiger partial charge in [0.05, 0.1) is 19.1 Å². The number of nitrogens with zero attached hydrogens (tertiary/aromatic N) is 5. The summed E-state index contributed by atoms with van der Waals surface area (Å²) in [6.45, 7) is 7.04. The number of sulfonamides is 1. The number of rotatable bonds is 9. The molecule has 0 saturated heterocycles. The number of anilines is 1. The Morgan fingerprint density at radius 3 is 2.17 bits per heavy atom. The number of carbonyl (C=O) groups is 2. The Balaban J connectivity index is 2.22. The second-order valence-corrected chi connectivity index (χ2v) is 12.6. The molecule has 0 spiro atoms. The highest BCUT2D eigenvalue weighted by Gasteiger charge is 2.47. The van der Waals surface area contributed by atoms with Gasteiger partial charge >= 0.3 is 6.09 Å². The number of aromatic nitrogens is 2. The molecule has 12 nitrogen and oxygen atoms in total. The molecule has 0 saturated carbocycles. The Hall–Kier alpha value is -3.97. The molecule has 1 aromatic heterocycles. The fourth-order valence-corrected chi connectivity index (χ4v) is 5.02. The van der Waals surface area contributed by atoms with E-state index in [0.29, 0.717) is 0 Å². The maximum absolute atomic E-state index is 12.9. The van der Waals surface area contributed by atoms with E-state index in [1.807, 2.05) is 30.3 Å². The highest BCUT2D eigenvalue weighted by molar-refractivity contribution is 7.92. The first-order chi connectivity index (χ1) is 18.5. The molecule has 3 aromatic rings. The summed E-state index contributed by atoms with van der Waals surface area (Å²) in [5, 5.41) is 19.7. The van der Waals surface area contributed by atoms with Crippen molar-refractivity contribution in [3.8, 4) is 11.5 Å². The van der Waals surface area contributed by atoms with E-state index >= 15 is 0 Å². The molecule has 2 amide bonds. The Kier molecular flexibility index (Phi) is 8.60. The summed E-state index contributed by atoms with van der Waals surface area (Å²) in [5.74, 6) is -0.523. The van der Waals surface area contributed by atoms with Crippen molar-refractivity contribution in [2.24, 2.45) is 0 Å². The average Bonchev–Trinajstić information content (AvgIpc) is 3.37. The largest absolute Gasteiger partial charge is 0.465 e. The zero-order valence-corrected chi connectivity index (χ0v) is 24.7. The van der Waals surface area contributed by atoms with E-state index in [1.54, 1.807) is 27.7 Å². The average molecular weight is 574 g/mol. The molecule has 1 unspecified atom stereocenters. The van der Waals surface area contributed by atoms with Gasteiger partial charge in [-0.3, -0.25) is 18.8 Å². The second kappa shape index (κ2) is 11.3. The SMILES string of the molecule is CON(C)C(=O)c1cc(-c2nnc(C(C)(Cc3ccccc3)N(C(=O)O)C(C)(C)C)o2)cc(N(C)S(C)(=O)=O)c1. The summed E-state index contributed by atoms with van der Waals surface area (Å²) in [6, 6.07) is 13.7. The molecule has 0 radical (unpaired) electrons. The lowest BCUT2D eigenvalue weighted by Crippen LogP contribution is -2.57. The van der Waals surface area contributed by atoms with Crippen molar-refractivity contribution in [2.75, 3.05) is 31.8 Å². The lowest BCUT2D eigenvalue weighted by atomic mass is 9.87.